The minimum atomic E-state index is -0.191. The largest absolute Gasteiger partial charge is 0.493 e. The van der Waals surface area contributed by atoms with E-state index in [1.165, 1.54) is 0 Å². The second-order valence-electron chi connectivity index (χ2n) is 10.6. The first-order valence-electron chi connectivity index (χ1n) is 12.1. The molecule has 3 rings (SSSR count). The third-order valence-corrected chi connectivity index (χ3v) is 6.75. The SMILES string of the molecule is COc1ccc(C(=O)NC[C@]2(C)C[C@H](NC(=O)c3ccc(OC)c(OC)c3)CC(C)(C)C2)cc1OC. The maximum Gasteiger partial charge on any atom is 0.251 e. The molecule has 0 radical (unpaired) electrons. The first kappa shape index (κ1) is 27.2. The van der Waals surface area contributed by atoms with Gasteiger partial charge < -0.3 is 29.6 Å². The average Bonchev–Trinajstić information content (AvgIpc) is 2.85. The van der Waals surface area contributed by atoms with Crippen LogP contribution in [0, 0.1) is 10.8 Å². The molecule has 0 bridgehead atoms. The zero-order valence-electron chi connectivity index (χ0n) is 22.3. The van der Waals surface area contributed by atoms with Gasteiger partial charge >= 0.3 is 0 Å². The van der Waals surface area contributed by atoms with Crippen LogP contribution >= 0.6 is 0 Å². The Morgan fingerprint density at radius 1 is 0.778 bits per heavy atom. The van der Waals surface area contributed by atoms with Crippen LogP contribution in [0.2, 0.25) is 0 Å². The van der Waals surface area contributed by atoms with Gasteiger partial charge in [-0.15, -0.1) is 0 Å². The summed E-state index contributed by atoms with van der Waals surface area (Å²) in [6, 6.07) is 10.2. The second kappa shape index (κ2) is 11.1. The number of rotatable bonds is 9. The van der Waals surface area contributed by atoms with Crippen LogP contribution < -0.4 is 29.6 Å². The molecule has 0 spiro atoms. The Balaban J connectivity index is 1.69. The molecule has 0 unspecified atom stereocenters. The Labute approximate surface area is 213 Å². The van der Waals surface area contributed by atoms with E-state index in [9.17, 15) is 9.59 Å². The van der Waals surface area contributed by atoms with Crippen LogP contribution in [0.4, 0.5) is 0 Å². The summed E-state index contributed by atoms with van der Waals surface area (Å²) < 4.78 is 21.2. The molecule has 1 saturated carbocycles. The lowest BCUT2D eigenvalue weighted by Gasteiger charge is -2.47. The predicted molar refractivity (Wildman–Crippen MR) is 138 cm³/mol. The summed E-state index contributed by atoms with van der Waals surface area (Å²) in [5, 5.41) is 6.29. The van der Waals surface area contributed by atoms with E-state index in [1.807, 2.05) is 0 Å². The van der Waals surface area contributed by atoms with Crippen LogP contribution in [0.15, 0.2) is 36.4 Å². The Hall–Kier alpha value is -3.42. The van der Waals surface area contributed by atoms with Gasteiger partial charge in [-0.05, 0) is 66.5 Å². The number of methoxy groups -OCH3 is 4. The third kappa shape index (κ3) is 6.42. The van der Waals surface area contributed by atoms with Crippen molar-refractivity contribution >= 4 is 11.8 Å². The zero-order valence-corrected chi connectivity index (χ0v) is 22.3. The van der Waals surface area contributed by atoms with Crippen LogP contribution in [0.3, 0.4) is 0 Å². The third-order valence-electron chi connectivity index (χ3n) is 6.75. The van der Waals surface area contributed by atoms with Crippen molar-refractivity contribution in [3.63, 3.8) is 0 Å². The summed E-state index contributed by atoms with van der Waals surface area (Å²) >= 11 is 0. The van der Waals surface area contributed by atoms with Gasteiger partial charge in [0, 0.05) is 23.7 Å². The van der Waals surface area contributed by atoms with Gasteiger partial charge in [0.1, 0.15) is 0 Å². The Morgan fingerprint density at radius 2 is 1.28 bits per heavy atom. The van der Waals surface area contributed by atoms with E-state index in [0.29, 0.717) is 40.7 Å². The number of hydrogen-bond donors (Lipinski definition) is 2. The molecule has 0 saturated heterocycles. The van der Waals surface area contributed by atoms with Crippen LogP contribution in [0.25, 0.3) is 0 Å². The van der Waals surface area contributed by atoms with Gasteiger partial charge in [-0.3, -0.25) is 9.59 Å². The summed E-state index contributed by atoms with van der Waals surface area (Å²) in [7, 11) is 6.21. The van der Waals surface area contributed by atoms with Crippen molar-refractivity contribution in [1.82, 2.24) is 10.6 Å². The maximum atomic E-state index is 13.1. The van der Waals surface area contributed by atoms with Crippen LogP contribution in [-0.4, -0.2) is 52.8 Å². The number of amides is 2. The molecule has 196 valence electrons. The molecule has 2 atom stereocenters. The van der Waals surface area contributed by atoms with Crippen molar-refractivity contribution in [2.45, 2.75) is 46.1 Å². The van der Waals surface area contributed by atoms with E-state index < -0.39 is 0 Å². The fourth-order valence-electron chi connectivity index (χ4n) is 5.49. The van der Waals surface area contributed by atoms with Crippen molar-refractivity contribution in [2.75, 3.05) is 35.0 Å². The Kier molecular flexibility index (Phi) is 8.38. The quantitative estimate of drug-likeness (QED) is 0.530. The highest BCUT2D eigenvalue weighted by atomic mass is 16.5. The molecule has 2 N–H and O–H groups in total. The molecule has 0 aliphatic heterocycles. The topological polar surface area (TPSA) is 95.1 Å². The van der Waals surface area contributed by atoms with Crippen molar-refractivity contribution in [3.05, 3.63) is 47.5 Å². The molecule has 2 aromatic rings. The number of benzene rings is 2. The number of carbonyl (C=O) groups excluding carboxylic acids is 2. The lowest BCUT2D eigenvalue weighted by atomic mass is 9.62. The summed E-state index contributed by atoms with van der Waals surface area (Å²) in [6.07, 6.45) is 2.53. The van der Waals surface area contributed by atoms with Crippen LogP contribution in [0.1, 0.15) is 60.7 Å². The van der Waals surface area contributed by atoms with E-state index in [0.717, 1.165) is 19.3 Å². The number of carbonyl (C=O) groups is 2. The summed E-state index contributed by atoms with van der Waals surface area (Å²) in [6.45, 7) is 7.07. The minimum Gasteiger partial charge on any atom is -0.493 e. The average molecular weight is 499 g/mol. The molecular weight excluding hydrogens is 460 g/mol. The molecule has 1 aliphatic carbocycles. The molecule has 8 nitrogen and oxygen atoms in total. The fraction of sp³-hybridized carbons (Fsp3) is 0.500. The molecule has 8 heteroatoms. The van der Waals surface area contributed by atoms with E-state index in [1.54, 1.807) is 64.8 Å². The molecule has 36 heavy (non-hydrogen) atoms. The smallest absolute Gasteiger partial charge is 0.251 e. The number of nitrogens with one attached hydrogen (secondary N) is 2. The fourth-order valence-corrected chi connectivity index (χ4v) is 5.49. The standard InChI is InChI=1S/C28H38N2O6/c1-27(2)14-20(30-26(32)19-9-11-22(34-5)24(13-19)36-7)15-28(3,16-27)17-29-25(31)18-8-10-21(33-4)23(12-18)35-6/h8-13,20H,14-17H2,1-7H3,(H,29,31)(H,30,32)/t20-,28-/m1/s1. The molecule has 1 aliphatic rings. The lowest BCUT2D eigenvalue weighted by Crippen LogP contribution is -2.50. The van der Waals surface area contributed by atoms with Gasteiger partial charge in [-0.1, -0.05) is 20.8 Å². The normalized spacial score (nSPS) is 20.7. The molecule has 0 aromatic heterocycles. The molecular formula is C28H38N2O6. The van der Waals surface area contributed by atoms with Crippen molar-refractivity contribution in [3.8, 4) is 23.0 Å². The molecule has 1 fully saturated rings. The number of hydrogen-bond acceptors (Lipinski definition) is 6. The number of ether oxygens (including phenoxy) is 4. The molecule has 2 amide bonds. The predicted octanol–water partition coefficient (Wildman–Crippen LogP) is 4.47. The van der Waals surface area contributed by atoms with Gasteiger partial charge in [0.2, 0.25) is 0 Å². The highest BCUT2D eigenvalue weighted by molar-refractivity contribution is 5.95. The Morgan fingerprint density at radius 3 is 1.78 bits per heavy atom. The minimum absolute atomic E-state index is 0.00337. The van der Waals surface area contributed by atoms with Crippen LogP contribution in [-0.2, 0) is 0 Å². The molecule has 2 aromatic carbocycles. The van der Waals surface area contributed by atoms with E-state index in [2.05, 4.69) is 31.4 Å². The molecule has 0 heterocycles. The van der Waals surface area contributed by atoms with Crippen LogP contribution in [0.5, 0.6) is 23.0 Å². The van der Waals surface area contributed by atoms with Gasteiger partial charge in [-0.25, -0.2) is 0 Å². The summed E-state index contributed by atoms with van der Waals surface area (Å²) in [4.78, 5) is 26.0. The Bertz CT molecular complexity index is 1100. The van der Waals surface area contributed by atoms with Gasteiger partial charge in [0.25, 0.3) is 11.8 Å². The lowest BCUT2D eigenvalue weighted by molar-refractivity contribution is 0.0592. The van der Waals surface area contributed by atoms with Crippen molar-refractivity contribution in [2.24, 2.45) is 10.8 Å². The van der Waals surface area contributed by atoms with Gasteiger partial charge in [0.05, 0.1) is 28.4 Å². The van der Waals surface area contributed by atoms with Gasteiger partial charge in [0.15, 0.2) is 23.0 Å². The van der Waals surface area contributed by atoms with E-state index >= 15 is 0 Å². The van der Waals surface area contributed by atoms with E-state index in [-0.39, 0.29) is 28.7 Å². The highest BCUT2D eigenvalue weighted by Gasteiger charge is 2.42. The van der Waals surface area contributed by atoms with Crippen molar-refractivity contribution in [1.29, 1.82) is 0 Å². The van der Waals surface area contributed by atoms with E-state index in [4.69, 9.17) is 18.9 Å². The van der Waals surface area contributed by atoms with Gasteiger partial charge in [-0.2, -0.15) is 0 Å². The second-order valence-corrected chi connectivity index (χ2v) is 10.6. The van der Waals surface area contributed by atoms with Crippen molar-refractivity contribution < 1.29 is 28.5 Å². The summed E-state index contributed by atoms with van der Waals surface area (Å²) in [5.74, 6) is 1.83. The maximum absolute atomic E-state index is 13.1. The zero-order chi connectivity index (χ0) is 26.5. The first-order chi connectivity index (χ1) is 17.0. The summed E-state index contributed by atoms with van der Waals surface area (Å²) in [5.41, 5.74) is 0.823. The highest BCUT2D eigenvalue weighted by Crippen LogP contribution is 2.46. The monoisotopic (exact) mass is 498 g/mol. The first-order valence-corrected chi connectivity index (χ1v) is 12.1.